The molecule has 1 aliphatic heterocycles. The number of alkyl halides is 2. The second kappa shape index (κ2) is 10.7. The quantitative estimate of drug-likeness (QED) is 0.276. The first-order valence-corrected chi connectivity index (χ1v) is 16.8. The lowest BCUT2D eigenvalue weighted by molar-refractivity contribution is 0.0708. The lowest BCUT2D eigenvalue weighted by Gasteiger charge is -2.30. The molecule has 0 aromatic carbocycles. The van der Waals surface area contributed by atoms with Crippen LogP contribution in [0.4, 0.5) is 14.6 Å². The number of piperidine rings is 1. The maximum Gasteiger partial charge on any atom is 0.329 e. The second-order valence-corrected chi connectivity index (χ2v) is 14.1. The summed E-state index contributed by atoms with van der Waals surface area (Å²) in [6.45, 7) is -1.54. The molecule has 1 saturated heterocycles. The fraction of sp³-hybridized carbons (Fsp3) is 0.500. The van der Waals surface area contributed by atoms with E-state index in [1.807, 2.05) is 15.0 Å². The number of nitrogens with two attached hydrogens (primary N) is 1. The molecule has 0 unspecified atom stereocenters. The average molecular weight is 628 g/mol. The summed E-state index contributed by atoms with van der Waals surface area (Å²) in [4.78, 5) is 24.9. The number of amides is 1. The van der Waals surface area contributed by atoms with Gasteiger partial charge in [0.15, 0.2) is 5.88 Å². The van der Waals surface area contributed by atoms with Crippen molar-refractivity contribution in [3.05, 3.63) is 41.6 Å². The number of methoxy groups -OCH3 is 1. The number of rotatable bonds is 9. The van der Waals surface area contributed by atoms with Crippen molar-refractivity contribution >= 4 is 38.4 Å². The number of carbonyl (C=O) groups excluding carboxylic acids is 1. The molecule has 0 radical (unpaired) electrons. The molecule has 234 valence electrons. The standard InChI is InChI=1S/C30H35F2N7O4S/c1-43-25-14-20(29(40)36-11-3-4-21(33)16-36)13-24-34-26(27(38(24)25)18-7-8-18)22-12-19-9-10-23(39(30(31)32)44(2,41)42)35-28(19)37(22)15-17-5-6-17/h9-10,12-14,17-18,21,30H,3-8,11,15-16,33H2,1-2H3/t21-/m1/s1. The van der Waals surface area contributed by atoms with E-state index < -0.39 is 16.6 Å². The van der Waals surface area contributed by atoms with E-state index >= 15 is 0 Å². The van der Waals surface area contributed by atoms with Crippen molar-refractivity contribution in [1.82, 2.24) is 23.8 Å². The van der Waals surface area contributed by atoms with Crippen molar-refractivity contribution in [1.29, 1.82) is 0 Å². The number of ether oxygens (including phenoxy) is 1. The van der Waals surface area contributed by atoms with Gasteiger partial charge in [0, 0.05) is 48.6 Å². The van der Waals surface area contributed by atoms with Crippen LogP contribution in [0.1, 0.15) is 60.5 Å². The topological polar surface area (TPSA) is 128 Å². The van der Waals surface area contributed by atoms with E-state index in [9.17, 15) is 22.0 Å². The molecule has 2 saturated carbocycles. The molecule has 4 aromatic heterocycles. The monoisotopic (exact) mass is 627 g/mol. The predicted molar refractivity (Wildman–Crippen MR) is 162 cm³/mol. The number of sulfonamides is 1. The minimum atomic E-state index is -4.27. The zero-order chi connectivity index (χ0) is 30.9. The maximum atomic E-state index is 13.9. The van der Waals surface area contributed by atoms with E-state index in [4.69, 9.17) is 15.5 Å². The highest BCUT2D eigenvalue weighted by Gasteiger charge is 2.36. The van der Waals surface area contributed by atoms with Crippen LogP contribution in [0.5, 0.6) is 5.88 Å². The van der Waals surface area contributed by atoms with Crippen LogP contribution < -0.4 is 14.8 Å². The fourth-order valence-electron chi connectivity index (χ4n) is 6.32. The Hall–Kier alpha value is -3.78. The van der Waals surface area contributed by atoms with Gasteiger partial charge in [-0.1, -0.05) is 0 Å². The first-order chi connectivity index (χ1) is 21.0. The largest absolute Gasteiger partial charge is 0.482 e. The molecule has 11 nitrogen and oxygen atoms in total. The van der Waals surface area contributed by atoms with Gasteiger partial charge in [-0.2, -0.15) is 13.1 Å². The number of halogens is 2. The van der Waals surface area contributed by atoms with Gasteiger partial charge < -0.3 is 19.9 Å². The molecule has 1 atom stereocenters. The Bertz CT molecular complexity index is 1880. The summed E-state index contributed by atoms with van der Waals surface area (Å²) < 4.78 is 62.0. The molecule has 2 aliphatic carbocycles. The summed E-state index contributed by atoms with van der Waals surface area (Å²) in [6.07, 6.45) is 6.49. The number of nitrogens with zero attached hydrogens (tertiary/aromatic N) is 6. The number of hydrogen-bond acceptors (Lipinski definition) is 7. The van der Waals surface area contributed by atoms with Crippen LogP contribution in [0, 0.1) is 5.92 Å². The Balaban J connectivity index is 1.40. The number of imidazole rings is 1. The molecule has 14 heteroatoms. The predicted octanol–water partition coefficient (Wildman–Crippen LogP) is 4.20. The van der Waals surface area contributed by atoms with Gasteiger partial charge in [-0.3, -0.25) is 9.20 Å². The molecule has 44 heavy (non-hydrogen) atoms. The van der Waals surface area contributed by atoms with Gasteiger partial charge in [0.25, 0.3) is 5.91 Å². The third kappa shape index (κ3) is 5.17. The molecule has 7 rings (SSSR count). The van der Waals surface area contributed by atoms with Crippen molar-refractivity contribution in [3.63, 3.8) is 0 Å². The van der Waals surface area contributed by atoms with Crippen molar-refractivity contribution in [2.75, 3.05) is 30.8 Å². The van der Waals surface area contributed by atoms with Crippen LogP contribution in [0.2, 0.25) is 0 Å². The molecule has 0 spiro atoms. The molecule has 3 fully saturated rings. The molecule has 0 bridgehead atoms. The number of likely N-dealkylation sites (tertiary alicyclic amines) is 1. The van der Waals surface area contributed by atoms with E-state index in [0.717, 1.165) is 56.2 Å². The number of carbonyl (C=O) groups is 1. The Kier molecular flexibility index (Phi) is 7.03. The van der Waals surface area contributed by atoms with Crippen molar-refractivity contribution in [2.45, 2.75) is 63.6 Å². The Labute approximate surface area is 253 Å². The number of aromatic nitrogens is 4. The number of fused-ring (bicyclic) bond motifs is 2. The molecule has 3 aliphatic rings. The van der Waals surface area contributed by atoms with E-state index in [1.54, 1.807) is 30.2 Å². The smallest absolute Gasteiger partial charge is 0.329 e. The van der Waals surface area contributed by atoms with Gasteiger partial charge in [0.1, 0.15) is 22.8 Å². The third-order valence-electron chi connectivity index (χ3n) is 8.76. The molecule has 5 heterocycles. The highest BCUT2D eigenvalue weighted by molar-refractivity contribution is 7.92. The van der Waals surface area contributed by atoms with Gasteiger partial charge in [-0.05, 0) is 68.7 Å². The van der Waals surface area contributed by atoms with E-state index in [1.165, 1.54) is 6.07 Å². The van der Waals surface area contributed by atoms with Gasteiger partial charge in [-0.15, -0.1) is 0 Å². The summed E-state index contributed by atoms with van der Waals surface area (Å²) in [5.41, 5.74) is 10.1. The lowest BCUT2D eigenvalue weighted by atomic mass is 10.1. The average Bonchev–Trinajstić information content (AvgIpc) is 3.91. The fourth-order valence-corrected chi connectivity index (χ4v) is 7.06. The van der Waals surface area contributed by atoms with E-state index in [-0.39, 0.29) is 28.0 Å². The Morgan fingerprint density at radius 2 is 1.91 bits per heavy atom. The zero-order valence-electron chi connectivity index (χ0n) is 24.6. The van der Waals surface area contributed by atoms with Gasteiger partial charge in [-0.25, -0.2) is 18.4 Å². The number of pyridine rings is 2. The van der Waals surface area contributed by atoms with Gasteiger partial charge in [0.05, 0.1) is 24.8 Å². The molecule has 2 N–H and O–H groups in total. The van der Waals surface area contributed by atoms with Crippen molar-refractivity contribution in [3.8, 4) is 17.3 Å². The second-order valence-electron chi connectivity index (χ2n) is 12.3. The first kappa shape index (κ1) is 29.0. The normalized spacial score (nSPS) is 19.3. The van der Waals surface area contributed by atoms with E-state index in [2.05, 4.69) is 4.98 Å². The van der Waals surface area contributed by atoms with Crippen LogP contribution in [0.25, 0.3) is 28.1 Å². The lowest BCUT2D eigenvalue weighted by Crippen LogP contribution is -2.45. The zero-order valence-corrected chi connectivity index (χ0v) is 25.4. The SMILES string of the molecule is COc1cc(C(=O)N2CCC[C@@H](N)C2)cc2nc(-c3cc4ccc(N(C(F)F)S(C)(=O)=O)nc4n3CC3CC3)c(C3CC3)n12. The number of anilines is 1. The van der Waals surface area contributed by atoms with Gasteiger partial charge >= 0.3 is 6.55 Å². The molecular weight excluding hydrogens is 592 g/mol. The molecular formula is C30H35F2N7O4S. The highest BCUT2D eigenvalue weighted by Crippen LogP contribution is 2.47. The summed E-state index contributed by atoms with van der Waals surface area (Å²) in [6, 6.07) is 8.36. The Morgan fingerprint density at radius 1 is 1.14 bits per heavy atom. The number of hydrogen-bond donors (Lipinski definition) is 1. The Morgan fingerprint density at radius 3 is 2.55 bits per heavy atom. The van der Waals surface area contributed by atoms with Gasteiger partial charge in [0.2, 0.25) is 10.0 Å². The van der Waals surface area contributed by atoms with Crippen LogP contribution in [0.15, 0.2) is 30.3 Å². The summed E-state index contributed by atoms with van der Waals surface area (Å²) >= 11 is 0. The minimum Gasteiger partial charge on any atom is -0.482 e. The summed E-state index contributed by atoms with van der Waals surface area (Å²) in [5.74, 6) is 0.667. The summed E-state index contributed by atoms with van der Waals surface area (Å²) in [5, 5.41) is 0.690. The van der Waals surface area contributed by atoms with Crippen LogP contribution in [0.3, 0.4) is 0 Å². The van der Waals surface area contributed by atoms with E-state index in [0.29, 0.717) is 59.4 Å². The highest BCUT2D eigenvalue weighted by atomic mass is 32.2. The maximum absolute atomic E-state index is 13.9. The first-order valence-electron chi connectivity index (χ1n) is 15.0. The van der Waals surface area contributed by atoms with Crippen LogP contribution in [-0.4, -0.2) is 77.2 Å². The van der Waals surface area contributed by atoms with Crippen LogP contribution >= 0.6 is 0 Å². The molecule has 4 aromatic rings. The van der Waals surface area contributed by atoms with Crippen molar-refractivity contribution in [2.24, 2.45) is 11.7 Å². The third-order valence-corrected chi connectivity index (χ3v) is 9.82. The summed E-state index contributed by atoms with van der Waals surface area (Å²) in [7, 11) is -2.70. The minimum absolute atomic E-state index is 0.0414. The van der Waals surface area contributed by atoms with Crippen molar-refractivity contribution < 1.29 is 26.7 Å². The molecule has 1 amide bonds. The van der Waals surface area contributed by atoms with Crippen LogP contribution in [-0.2, 0) is 16.6 Å².